The van der Waals surface area contributed by atoms with Crippen LogP contribution in [0.1, 0.15) is 17.3 Å². The van der Waals surface area contributed by atoms with Crippen LogP contribution in [0.25, 0.3) is 0 Å². The van der Waals surface area contributed by atoms with Crippen LogP contribution in [0, 0.1) is 11.6 Å². The van der Waals surface area contributed by atoms with Crippen molar-refractivity contribution in [3.8, 4) is 0 Å². The molecule has 1 heterocycles. The predicted octanol–water partition coefficient (Wildman–Crippen LogP) is 3.36. The molecule has 0 amide bonds. The first kappa shape index (κ1) is 13.1. The number of aromatic nitrogens is 1. The van der Waals surface area contributed by atoms with Gasteiger partial charge in [0.25, 0.3) is 0 Å². The second-order valence-corrected chi connectivity index (χ2v) is 4.86. The lowest BCUT2D eigenvalue weighted by atomic mass is 10.0. The van der Waals surface area contributed by atoms with Crippen molar-refractivity contribution in [1.29, 1.82) is 0 Å². The summed E-state index contributed by atoms with van der Waals surface area (Å²) in [6.07, 6.45) is 1.91. The highest BCUT2D eigenvalue weighted by Gasteiger charge is 2.12. The van der Waals surface area contributed by atoms with E-state index < -0.39 is 17.7 Å². The SMILES string of the molecule is NC(Cc1ccc(F)cc1F)c1ccc(Br)cn1. The second kappa shape index (κ2) is 5.54. The number of rotatable bonds is 3. The maximum atomic E-state index is 13.5. The van der Waals surface area contributed by atoms with E-state index in [4.69, 9.17) is 5.73 Å². The number of nitrogens with zero attached hydrogens (tertiary/aromatic N) is 1. The Kier molecular flexibility index (Phi) is 4.04. The van der Waals surface area contributed by atoms with E-state index >= 15 is 0 Å². The summed E-state index contributed by atoms with van der Waals surface area (Å²) in [5, 5.41) is 0. The topological polar surface area (TPSA) is 38.9 Å². The maximum Gasteiger partial charge on any atom is 0.129 e. The van der Waals surface area contributed by atoms with E-state index in [0.717, 1.165) is 10.5 Å². The van der Waals surface area contributed by atoms with Gasteiger partial charge in [-0.2, -0.15) is 0 Å². The lowest BCUT2D eigenvalue weighted by molar-refractivity contribution is 0.561. The fraction of sp³-hybridized carbons (Fsp3) is 0.154. The maximum absolute atomic E-state index is 13.5. The molecule has 1 aromatic heterocycles. The van der Waals surface area contributed by atoms with Crippen molar-refractivity contribution in [2.24, 2.45) is 5.73 Å². The molecule has 18 heavy (non-hydrogen) atoms. The van der Waals surface area contributed by atoms with E-state index in [0.29, 0.717) is 11.3 Å². The van der Waals surface area contributed by atoms with Gasteiger partial charge >= 0.3 is 0 Å². The molecule has 0 radical (unpaired) electrons. The molecule has 0 aliphatic rings. The molecule has 2 rings (SSSR count). The minimum absolute atomic E-state index is 0.279. The first-order chi connectivity index (χ1) is 8.56. The van der Waals surface area contributed by atoms with Gasteiger partial charge in [0, 0.05) is 16.7 Å². The lowest BCUT2D eigenvalue weighted by Crippen LogP contribution is -2.15. The van der Waals surface area contributed by atoms with Crippen molar-refractivity contribution in [1.82, 2.24) is 4.98 Å². The van der Waals surface area contributed by atoms with Crippen molar-refractivity contribution < 1.29 is 8.78 Å². The molecule has 0 bridgehead atoms. The number of halogens is 3. The highest BCUT2D eigenvalue weighted by molar-refractivity contribution is 9.10. The Hall–Kier alpha value is -1.33. The number of pyridine rings is 1. The van der Waals surface area contributed by atoms with Gasteiger partial charge in [0.05, 0.1) is 11.7 Å². The van der Waals surface area contributed by atoms with E-state index in [1.54, 1.807) is 12.3 Å². The summed E-state index contributed by atoms with van der Waals surface area (Å²) in [4.78, 5) is 4.15. The summed E-state index contributed by atoms with van der Waals surface area (Å²) in [7, 11) is 0. The Bertz CT molecular complexity index is 543. The van der Waals surface area contributed by atoms with Gasteiger partial charge < -0.3 is 5.73 Å². The zero-order chi connectivity index (χ0) is 13.1. The molecule has 0 fully saturated rings. The van der Waals surface area contributed by atoms with Crippen molar-refractivity contribution in [3.63, 3.8) is 0 Å². The molecule has 1 aromatic carbocycles. The van der Waals surface area contributed by atoms with Gasteiger partial charge in [-0.1, -0.05) is 6.07 Å². The molecule has 2 N–H and O–H groups in total. The zero-order valence-electron chi connectivity index (χ0n) is 9.41. The summed E-state index contributed by atoms with van der Waals surface area (Å²) in [6, 6.07) is 6.66. The summed E-state index contributed by atoms with van der Waals surface area (Å²) in [6.45, 7) is 0. The fourth-order valence-electron chi connectivity index (χ4n) is 1.64. The highest BCUT2D eigenvalue weighted by Crippen LogP contribution is 2.18. The highest BCUT2D eigenvalue weighted by atomic mass is 79.9. The molecule has 1 unspecified atom stereocenters. The number of benzene rings is 1. The van der Waals surface area contributed by atoms with E-state index in [1.165, 1.54) is 12.1 Å². The van der Waals surface area contributed by atoms with Crippen LogP contribution >= 0.6 is 15.9 Å². The van der Waals surface area contributed by atoms with Gasteiger partial charge in [0.2, 0.25) is 0 Å². The molecule has 0 saturated carbocycles. The molecule has 2 nitrogen and oxygen atoms in total. The van der Waals surface area contributed by atoms with Crippen LogP contribution in [0.5, 0.6) is 0 Å². The standard InChI is InChI=1S/C13H11BrF2N2/c14-9-2-4-13(18-7-9)12(17)5-8-1-3-10(15)6-11(8)16/h1-4,6-7,12H,5,17H2. The Balaban J connectivity index is 2.15. The van der Waals surface area contributed by atoms with Gasteiger partial charge in [0.1, 0.15) is 11.6 Å². The molecule has 2 aromatic rings. The lowest BCUT2D eigenvalue weighted by Gasteiger charge is -2.11. The summed E-state index contributed by atoms with van der Waals surface area (Å²) >= 11 is 3.28. The molecule has 5 heteroatoms. The van der Waals surface area contributed by atoms with E-state index in [9.17, 15) is 8.78 Å². The van der Waals surface area contributed by atoms with E-state index in [-0.39, 0.29) is 6.42 Å². The van der Waals surface area contributed by atoms with Crippen molar-refractivity contribution in [3.05, 3.63) is 63.9 Å². The molecular formula is C13H11BrF2N2. The fourth-order valence-corrected chi connectivity index (χ4v) is 1.87. The third-order valence-corrected chi connectivity index (χ3v) is 3.05. The minimum Gasteiger partial charge on any atom is -0.322 e. The summed E-state index contributed by atoms with van der Waals surface area (Å²) in [5.74, 6) is -1.17. The third-order valence-electron chi connectivity index (χ3n) is 2.59. The van der Waals surface area contributed by atoms with Gasteiger partial charge in [0.15, 0.2) is 0 Å². The van der Waals surface area contributed by atoms with E-state index in [2.05, 4.69) is 20.9 Å². The first-order valence-corrected chi connectivity index (χ1v) is 6.16. The van der Waals surface area contributed by atoms with Crippen LogP contribution in [-0.2, 0) is 6.42 Å². The normalized spacial score (nSPS) is 12.4. The summed E-state index contributed by atoms with van der Waals surface area (Å²) in [5.41, 5.74) is 7.00. The molecule has 0 aliphatic carbocycles. The van der Waals surface area contributed by atoms with Crippen LogP contribution in [0.15, 0.2) is 41.0 Å². The number of nitrogens with two attached hydrogens (primary N) is 1. The van der Waals surface area contributed by atoms with Gasteiger partial charge in [-0.05, 0) is 46.1 Å². The smallest absolute Gasteiger partial charge is 0.129 e. The summed E-state index contributed by atoms with van der Waals surface area (Å²) < 4.78 is 27.1. The van der Waals surface area contributed by atoms with Gasteiger partial charge in [-0.15, -0.1) is 0 Å². The predicted molar refractivity (Wildman–Crippen MR) is 68.9 cm³/mol. The number of hydrogen-bond donors (Lipinski definition) is 1. The molecule has 0 spiro atoms. The third kappa shape index (κ3) is 3.11. The molecule has 94 valence electrons. The Morgan fingerprint density at radius 1 is 1.22 bits per heavy atom. The molecule has 0 saturated heterocycles. The van der Waals surface area contributed by atoms with Crippen molar-refractivity contribution in [2.45, 2.75) is 12.5 Å². The molecule has 1 atom stereocenters. The van der Waals surface area contributed by atoms with Crippen LogP contribution in [0.4, 0.5) is 8.78 Å². The van der Waals surface area contributed by atoms with E-state index in [1.807, 2.05) is 6.07 Å². The van der Waals surface area contributed by atoms with Gasteiger partial charge in [-0.3, -0.25) is 4.98 Å². The average Bonchev–Trinajstić information content (AvgIpc) is 2.33. The largest absolute Gasteiger partial charge is 0.322 e. The van der Waals surface area contributed by atoms with Crippen molar-refractivity contribution >= 4 is 15.9 Å². The zero-order valence-corrected chi connectivity index (χ0v) is 11.0. The van der Waals surface area contributed by atoms with Crippen LogP contribution in [0.3, 0.4) is 0 Å². The Morgan fingerprint density at radius 2 is 2.00 bits per heavy atom. The van der Waals surface area contributed by atoms with Crippen LogP contribution in [0.2, 0.25) is 0 Å². The monoisotopic (exact) mass is 312 g/mol. The first-order valence-electron chi connectivity index (χ1n) is 5.37. The van der Waals surface area contributed by atoms with Gasteiger partial charge in [-0.25, -0.2) is 8.78 Å². The number of hydrogen-bond acceptors (Lipinski definition) is 2. The van der Waals surface area contributed by atoms with Crippen molar-refractivity contribution in [2.75, 3.05) is 0 Å². The average molecular weight is 313 g/mol. The molecule has 0 aliphatic heterocycles. The van der Waals surface area contributed by atoms with Crippen LogP contribution in [-0.4, -0.2) is 4.98 Å². The Morgan fingerprint density at radius 3 is 2.61 bits per heavy atom. The second-order valence-electron chi connectivity index (χ2n) is 3.95. The Labute approximate surface area is 112 Å². The molecular weight excluding hydrogens is 302 g/mol. The quantitative estimate of drug-likeness (QED) is 0.943. The van der Waals surface area contributed by atoms with Crippen LogP contribution < -0.4 is 5.73 Å². The minimum atomic E-state index is -0.591.